The van der Waals surface area contributed by atoms with Crippen molar-refractivity contribution < 1.29 is 9.72 Å². The second-order valence-corrected chi connectivity index (χ2v) is 3.46. The first-order valence-electron chi connectivity index (χ1n) is 5.01. The van der Waals surface area contributed by atoms with Gasteiger partial charge in [0.15, 0.2) is 5.78 Å². The Labute approximate surface area is 103 Å². The average Bonchev–Trinajstić information content (AvgIpc) is 2.34. The molecule has 0 bridgehead atoms. The van der Waals surface area contributed by atoms with Crippen LogP contribution in [0, 0.1) is 10.1 Å². The van der Waals surface area contributed by atoms with Crippen molar-refractivity contribution in [3.63, 3.8) is 0 Å². The Morgan fingerprint density at radius 1 is 1.50 bits per heavy atom. The lowest BCUT2D eigenvalue weighted by Gasteiger charge is -1.99. The number of non-ortho nitro benzene ring substituents is 1. The van der Waals surface area contributed by atoms with E-state index in [0.29, 0.717) is 11.1 Å². The van der Waals surface area contributed by atoms with E-state index in [1.165, 1.54) is 31.2 Å². The molecular formula is C11H10N4O3. The SMILES string of the molecule is CC(=O)/C(=C/c1ccc([N+](=O)[O-])cc1)CN=[N+]=[N-]. The summed E-state index contributed by atoms with van der Waals surface area (Å²) in [5, 5.41) is 13.8. The topological polar surface area (TPSA) is 109 Å². The van der Waals surface area contributed by atoms with Gasteiger partial charge in [-0.2, -0.15) is 0 Å². The van der Waals surface area contributed by atoms with Crippen molar-refractivity contribution in [3.8, 4) is 0 Å². The standard InChI is InChI=1S/C11H10N4O3/c1-8(16)10(7-13-14-12)6-9-2-4-11(5-3-9)15(17)18/h2-6H,7H2,1H3/b10-6+. The Hall–Kier alpha value is -2.66. The van der Waals surface area contributed by atoms with Gasteiger partial charge < -0.3 is 0 Å². The van der Waals surface area contributed by atoms with Crippen molar-refractivity contribution in [1.82, 2.24) is 0 Å². The predicted octanol–water partition coefficient (Wildman–Crippen LogP) is 2.88. The average molecular weight is 246 g/mol. The minimum atomic E-state index is -0.501. The quantitative estimate of drug-likeness (QED) is 0.199. The third kappa shape index (κ3) is 3.73. The lowest BCUT2D eigenvalue weighted by molar-refractivity contribution is -0.384. The van der Waals surface area contributed by atoms with Crippen molar-refractivity contribution in [1.29, 1.82) is 0 Å². The maximum absolute atomic E-state index is 11.3. The molecule has 0 saturated carbocycles. The summed E-state index contributed by atoms with van der Waals surface area (Å²) in [4.78, 5) is 23.8. The highest BCUT2D eigenvalue weighted by Gasteiger charge is 2.05. The van der Waals surface area contributed by atoms with Crippen molar-refractivity contribution in [2.45, 2.75) is 6.92 Å². The largest absolute Gasteiger partial charge is 0.295 e. The van der Waals surface area contributed by atoms with Crippen LogP contribution < -0.4 is 0 Å². The molecule has 0 aliphatic rings. The molecule has 7 nitrogen and oxygen atoms in total. The van der Waals surface area contributed by atoms with Crippen LogP contribution in [0.25, 0.3) is 16.5 Å². The second-order valence-electron chi connectivity index (χ2n) is 3.46. The van der Waals surface area contributed by atoms with Gasteiger partial charge in [0.25, 0.3) is 5.69 Å². The number of nitrogens with zero attached hydrogens (tertiary/aromatic N) is 4. The zero-order valence-electron chi connectivity index (χ0n) is 9.61. The van der Waals surface area contributed by atoms with E-state index in [1.807, 2.05) is 0 Å². The Balaban J connectivity index is 3.00. The zero-order valence-corrected chi connectivity index (χ0v) is 9.61. The highest BCUT2D eigenvalue weighted by Crippen LogP contribution is 2.14. The molecule has 0 N–H and O–H groups in total. The van der Waals surface area contributed by atoms with Gasteiger partial charge in [-0.3, -0.25) is 14.9 Å². The van der Waals surface area contributed by atoms with Gasteiger partial charge in [0.2, 0.25) is 0 Å². The molecule has 0 unspecified atom stereocenters. The molecule has 18 heavy (non-hydrogen) atoms. The number of hydrogen-bond donors (Lipinski definition) is 0. The van der Waals surface area contributed by atoms with Crippen LogP contribution in [0.15, 0.2) is 35.0 Å². The van der Waals surface area contributed by atoms with E-state index in [2.05, 4.69) is 10.0 Å². The fraction of sp³-hybridized carbons (Fsp3) is 0.182. The molecule has 1 rings (SSSR count). The fourth-order valence-corrected chi connectivity index (χ4v) is 1.26. The number of nitro benzene ring substituents is 1. The fourth-order valence-electron chi connectivity index (χ4n) is 1.26. The van der Waals surface area contributed by atoms with Crippen LogP contribution >= 0.6 is 0 Å². The molecule has 7 heteroatoms. The molecule has 0 saturated heterocycles. The summed E-state index contributed by atoms with van der Waals surface area (Å²) in [5.41, 5.74) is 9.17. The molecule has 1 aromatic carbocycles. The van der Waals surface area contributed by atoms with Gasteiger partial charge in [-0.15, -0.1) is 0 Å². The Morgan fingerprint density at radius 3 is 2.56 bits per heavy atom. The summed E-state index contributed by atoms with van der Waals surface area (Å²) in [6.07, 6.45) is 1.54. The van der Waals surface area contributed by atoms with Gasteiger partial charge in [0.05, 0.1) is 11.5 Å². The van der Waals surface area contributed by atoms with Gasteiger partial charge in [-0.1, -0.05) is 5.11 Å². The first kappa shape index (κ1) is 13.4. The number of carbonyl (C=O) groups is 1. The van der Waals surface area contributed by atoms with Crippen LogP contribution in [0.1, 0.15) is 12.5 Å². The highest BCUT2D eigenvalue weighted by atomic mass is 16.6. The molecule has 0 fully saturated rings. The minimum absolute atomic E-state index is 0.0217. The van der Waals surface area contributed by atoms with Gasteiger partial charge in [0, 0.05) is 22.6 Å². The van der Waals surface area contributed by atoms with Gasteiger partial charge >= 0.3 is 0 Å². The predicted molar refractivity (Wildman–Crippen MR) is 65.8 cm³/mol. The number of hydrogen-bond acceptors (Lipinski definition) is 4. The third-order valence-electron chi connectivity index (χ3n) is 2.20. The van der Waals surface area contributed by atoms with Crippen molar-refractivity contribution >= 4 is 17.5 Å². The van der Waals surface area contributed by atoms with E-state index in [4.69, 9.17) is 5.53 Å². The van der Waals surface area contributed by atoms with Gasteiger partial charge in [-0.05, 0) is 36.2 Å². The smallest absolute Gasteiger partial charge is 0.269 e. The monoisotopic (exact) mass is 246 g/mol. The summed E-state index contributed by atoms with van der Waals surface area (Å²) >= 11 is 0. The highest BCUT2D eigenvalue weighted by molar-refractivity contribution is 5.98. The molecule has 0 aliphatic carbocycles. The van der Waals surface area contributed by atoms with Gasteiger partial charge in [-0.25, -0.2) is 0 Å². The molecule has 0 amide bonds. The normalized spacial score (nSPS) is 10.6. The van der Waals surface area contributed by atoms with Crippen molar-refractivity contribution in [2.24, 2.45) is 5.11 Å². The number of rotatable bonds is 5. The zero-order chi connectivity index (χ0) is 13.5. The lowest BCUT2D eigenvalue weighted by Crippen LogP contribution is -1.99. The number of carbonyl (C=O) groups excluding carboxylic acids is 1. The molecule has 92 valence electrons. The van der Waals surface area contributed by atoms with E-state index in [1.54, 1.807) is 6.08 Å². The Kier molecular flexibility index (Phi) is 4.59. The lowest BCUT2D eigenvalue weighted by atomic mass is 10.1. The van der Waals surface area contributed by atoms with E-state index in [0.717, 1.165) is 0 Å². The van der Waals surface area contributed by atoms with Crippen LogP contribution in [0.5, 0.6) is 0 Å². The van der Waals surface area contributed by atoms with Gasteiger partial charge in [0.1, 0.15) is 0 Å². The third-order valence-corrected chi connectivity index (χ3v) is 2.20. The van der Waals surface area contributed by atoms with Crippen molar-refractivity contribution in [3.05, 3.63) is 56.0 Å². The van der Waals surface area contributed by atoms with Crippen LogP contribution in [-0.4, -0.2) is 17.3 Å². The number of ketones is 1. The second kappa shape index (κ2) is 6.17. The molecule has 1 aromatic rings. The molecule has 0 heterocycles. The summed E-state index contributed by atoms with van der Waals surface area (Å²) in [5.74, 6) is -0.208. The van der Waals surface area contributed by atoms with Crippen LogP contribution in [-0.2, 0) is 4.79 Å². The van der Waals surface area contributed by atoms with E-state index >= 15 is 0 Å². The number of azide groups is 1. The molecule has 0 atom stereocenters. The van der Waals surface area contributed by atoms with E-state index in [-0.39, 0.29) is 18.0 Å². The summed E-state index contributed by atoms with van der Waals surface area (Å²) in [7, 11) is 0. The molecular weight excluding hydrogens is 236 g/mol. The molecule has 0 aromatic heterocycles. The molecule has 0 spiro atoms. The summed E-state index contributed by atoms with van der Waals surface area (Å²) in [6, 6.07) is 5.74. The minimum Gasteiger partial charge on any atom is -0.295 e. The molecule has 0 aliphatic heterocycles. The summed E-state index contributed by atoms with van der Waals surface area (Å²) < 4.78 is 0. The maximum Gasteiger partial charge on any atom is 0.269 e. The maximum atomic E-state index is 11.3. The Bertz CT molecular complexity index is 542. The Morgan fingerprint density at radius 2 is 2.11 bits per heavy atom. The van der Waals surface area contributed by atoms with Crippen LogP contribution in [0.2, 0.25) is 0 Å². The molecule has 0 radical (unpaired) electrons. The number of benzene rings is 1. The number of nitro groups is 1. The van der Waals surface area contributed by atoms with Crippen LogP contribution in [0.3, 0.4) is 0 Å². The number of Topliss-reactive ketones (excluding diaryl/α,β-unsaturated/α-hetero) is 1. The van der Waals surface area contributed by atoms with Crippen molar-refractivity contribution in [2.75, 3.05) is 6.54 Å². The first-order valence-corrected chi connectivity index (χ1v) is 5.01. The van der Waals surface area contributed by atoms with Crippen LogP contribution in [0.4, 0.5) is 5.69 Å². The van der Waals surface area contributed by atoms with E-state index in [9.17, 15) is 14.9 Å². The first-order chi connectivity index (χ1) is 8.54. The van der Waals surface area contributed by atoms with E-state index < -0.39 is 4.92 Å². The summed E-state index contributed by atoms with van der Waals surface area (Å²) in [6.45, 7) is 1.33.